The summed E-state index contributed by atoms with van der Waals surface area (Å²) in [6, 6.07) is 6.85. The Morgan fingerprint density at radius 2 is 2.06 bits per heavy atom. The largest absolute Gasteiger partial charge is 0.371 e. The first-order valence-corrected chi connectivity index (χ1v) is 6.69. The SMILES string of the molecule is CCN(CC(C)(CC)CNC)c1cccc(F)c1. The zero-order valence-electron chi connectivity index (χ0n) is 12.0. The van der Waals surface area contributed by atoms with E-state index in [1.165, 1.54) is 6.07 Å². The second-order valence-corrected chi connectivity index (χ2v) is 5.19. The van der Waals surface area contributed by atoms with Crippen molar-refractivity contribution >= 4 is 5.69 Å². The van der Waals surface area contributed by atoms with Crippen LogP contribution in [0.5, 0.6) is 0 Å². The molecule has 2 nitrogen and oxygen atoms in total. The van der Waals surface area contributed by atoms with Crippen molar-refractivity contribution in [3.05, 3.63) is 30.1 Å². The molecule has 0 aromatic heterocycles. The molecule has 0 aliphatic carbocycles. The van der Waals surface area contributed by atoms with Gasteiger partial charge in [-0.15, -0.1) is 0 Å². The third-order valence-corrected chi connectivity index (χ3v) is 3.58. The van der Waals surface area contributed by atoms with E-state index in [1.54, 1.807) is 12.1 Å². The van der Waals surface area contributed by atoms with Gasteiger partial charge in [-0.3, -0.25) is 0 Å². The van der Waals surface area contributed by atoms with Crippen LogP contribution >= 0.6 is 0 Å². The maximum atomic E-state index is 13.3. The Balaban J connectivity index is 2.84. The quantitative estimate of drug-likeness (QED) is 0.801. The van der Waals surface area contributed by atoms with Crippen LogP contribution in [-0.4, -0.2) is 26.7 Å². The molecule has 18 heavy (non-hydrogen) atoms. The van der Waals surface area contributed by atoms with E-state index >= 15 is 0 Å². The van der Waals surface area contributed by atoms with Crippen molar-refractivity contribution in [2.75, 3.05) is 31.6 Å². The third-order valence-electron chi connectivity index (χ3n) is 3.58. The fraction of sp³-hybridized carbons (Fsp3) is 0.600. The van der Waals surface area contributed by atoms with Gasteiger partial charge in [0.05, 0.1) is 0 Å². The van der Waals surface area contributed by atoms with E-state index in [-0.39, 0.29) is 11.2 Å². The number of hydrogen-bond acceptors (Lipinski definition) is 2. The third kappa shape index (κ3) is 3.98. The molecule has 0 bridgehead atoms. The van der Waals surface area contributed by atoms with Crippen LogP contribution < -0.4 is 10.2 Å². The summed E-state index contributed by atoms with van der Waals surface area (Å²) in [4.78, 5) is 2.24. The standard InChI is InChI=1S/C15H25FN2/c1-5-15(3,11-17-4)12-18(6-2)14-9-7-8-13(16)10-14/h7-10,17H,5-6,11-12H2,1-4H3. The fourth-order valence-electron chi connectivity index (χ4n) is 2.24. The van der Waals surface area contributed by atoms with E-state index in [1.807, 2.05) is 13.1 Å². The van der Waals surface area contributed by atoms with Crippen molar-refractivity contribution in [2.24, 2.45) is 5.41 Å². The van der Waals surface area contributed by atoms with Gasteiger partial charge in [0, 0.05) is 25.3 Å². The lowest BCUT2D eigenvalue weighted by molar-refractivity contribution is 0.304. The minimum absolute atomic E-state index is 0.169. The molecule has 1 rings (SSSR count). The van der Waals surface area contributed by atoms with Gasteiger partial charge in [-0.2, -0.15) is 0 Å². The number of benzene rings is 1. The summed E-state index contributed by atoms with van der Waals surface area (Å²) in [6.45, 7) is 9.38. The Kier molecular flexibility index (Phi) is 5.60. The Morgan fingerprint density at radius 1 is 1.33 bits per heavy atom. The summed E-state index contributed by atoms with van der Waals surface area (Å²) in [6.07, 6.45) is 1.10. The Labute approximate surface area is 110 Å². The van der Waals surface area contributed by atoms with Gasteiger partial charge in [-0.1, -0.05) is 19.9 Å². The van der Waals surface area contributed by atoms with Crippen molar-refractivity contribution < 1.29 is 4.39 Å². The second-order valence-electron chi connectivity index (χ2n) is 5.19. The van der Waals surface area contributed by atoms with Crippen LogP contribution in [0.1, 0.15) is 27.2 Å². The van der Waals surface area contributed by atoms with Crippen molar-refractivity contribution in [1.82, 2.24) is 5.32 Å². The van der Waals surface area contributed by atoms with Crippen LogP contribution in [0, 0.1) is 11.2 Å². The van der Waals surface area contributed by atoms with E-state index in [4.69, 9.17) is 0 Å². The first kappa shape index (κ1) is 15.0. The Morgan fingerprint density at radius 3 is 2.56 bits per heavy atom. The molecule has 3 heteroatoms. The van der Waals surface area contributed by atoms with E-state index < -0.39 is 0 Å². The fourth-order valence-corrected chi connectivity index (χ4v) is 2.24. The van der Waals surface area contributed by atoms with Crippen molar-refractivity contribution in [3.63, 3.8) is 0 Å². The van der Waals surface area contributed by atoms with Crippen LogP contribution in [-0.2, 0) is 0 Å². The lowest BCUT2D eigenvalue weighted by Gasteiger charge is -2.35. The first-order valence-electron chi connectivity index (χ1n) is 6.69. The molecular formula is C15H25FN2. The minimum atomic E-state index is -0.169. The normalized spacial score (nSPS) is 14.3. The molecule has 0 heterocycles. The van der Waals surface area contributed by atoms with Crippen molar-refractivity contribution in [3.8, 4) is 0 Å². The molecule has 0 radical (unpaired) electrons. The number of rotatable bonds is 7. The van der Waals surface area contributed by atoms with Crippen LogP contribution in [0.15, 0.2) is 24.3 Å². The smallest absolute Gasteiger partial charge is 0.125 e. The zero-order valence-corrected chi connectivity index (χ0v) is 12.0. The number of nitrogens with one attached hydrogen (secondary N) is 1. The molecule has 1 N–H and O–H groups in total. The van der Waals surface area contributed by atoms with E-state index in [0.29, 0.717) is 0 Å². The van der Waals surface area contributed by atoms with Gasteiger partial charge in [-0.25, -0.2) is 4.39 Å². The van der Waals surface area contributed by atoms with E-state index in [2.05, 4.69) is 31.0 Å². The van der Waals surface area contributed by atoms with Crippen LogP contribution in [0.4, 0.5) is 10.1 Å². The van der Waals surface area contributed by atoms with Gasteiger partial charge in [0.25, 0.3) is 0 Å². The summed E-state index contributed by atoms with van der Waals surface area (Å²) in [5.74, 6) is -0.169. The maximum absolute atomic E-state index is 13.3. The molecule has 0 amide bonds. The highest BCUT2D eigenvalue weighted by atomic mass is 19.1. The average molecular weight is 252 g/mol. The minimum Gasteiger partial charge on any atom is -0.371 e. The predicted octanol–water partition coefficient (Wildman–Crippen LogP) is 3.29. The van der Waals surface area contributed by atoms with Gasteiger partial charge >= 0.3 is 0 Å². The summed E-state index contributed by atoms with van der Waals surface area (Å²) >= 11 is 0. The molecule has 0 saturated heterocycles. The maximum Gasteiger partial charge on any atom is 0.125 e. The first-order chi connectivity index (χ1) is 8.54. The molecule has 0 fully saturated rings. The molecule has 1 unspecified atom stereocenters. The Hall–Kier alpha value is -1.09. The molecule has 0 spiro atoms. The van der Waals surface area contributed by atoms with Crippen molar-refractivity contribution in [1.29, 1.82) is 0 Å². The predicted molar refractivity (Wildman–Crippen MR) is 76.6 cm³/mol. The summed E-state index contributed by atoms with van der Waals surface area (Å²) in [5, 5.41) is 3.25. The lowest BCUT2D eigenvalue weighted by Crippen LogP contribution is -2.41. The van der Waals surface area contributed by atoms with E-state index in [0.717, 1.165) is 31.7 Å². The van der Waals surface area contributed by atoms with Gasteiger partial charge in [0.2, 0.25) is 0 Å². The average Bonchev–Trinajstić information content (AvgIpc) is 2.36. The van der Waals surface area contributed by atoms with Gasteiger partial charge in [0.15, 0.2) is 0 Å². The molecule has 0 aliphatic rings. The van der Waals surface area contributed by atoms with Crippen LogP contribution in [0.25, 0.3) is 0 Å². The van der Waals surface area contributed by atoms with Gasteiger partial charge in [-0.05, 0) is 44.0 Å². The molecular weight excluding hydrogens is 227 g/mol. The number of anilines is 1. The molecule has 1 atom stereocenters. The molecule has 102 valence electrons. The number of hydrogen-bond donors (Lipinski definition) is 1. The number of halogens is 1. The highest BCUT2D eigenvalue weighted by molar-refractivity contribution is 5.46. The summed E-state index contributed by atoms with van der Waals surface area (Å²) in [7, 11) is 1.98. The highest BCUT2D eigenvalue weighted by Crippen LogP contribution is 2.25. The van der Waals surface area contributed by atoms with Gasteiger partial charge < -0.3 is 10.2 Å². The summed E-state index contributed by atoms with van der Waals surface area (Å²) < 4.78 is 13.3. The van der Waals surface area contributed by atoms with Gasteiger partial charge in [0.1, 0.15) is 5.82 Å². The highest BCUT2D eigenvalue weighted by Gasteiger charge is 2.24. The Bertz CT molecular complexity index is 367. The molecule has 0 aliphatic heterocycles. The zero-order chi connectivity index (χ0) is 13.6. The second kappa shape index (κ2) is 6.74. The van der Waals surface area contributed by atoms with Crippen LogP contribution in [0.3, 0.4) is 0 Å². The molecule has 1 aromatic rings. The molecule has 0 saturated carbocycles. The summed E-state index contributed by atoms with van der Waals surface area (Å²) in [5.41, 5.74) is 1.17. The van der Waals surface area contributed by atoms with E-state index in [9.17, 15) is 4.39 Å². The number of nitrogens with zero attached hydrogens (tertiary/aromatic N) is 1. The lowest BCUT2D eigenvalue weighted by atomic mass is 9.86. The van der Waals surface area contributed by atoms with Crippen LogP contribution in [0.2, 0.25) is 0 Å². The molecule has 1 aromatic carbocycles. The van der Waals surface area contributed by atoms with Crippen molar-refractivity contribution in [2.45, 2.75) is 27.2 Å². The monoisotopic (exact) mass is 252 g/mol. The topological polar surface area (TPSA) is 15.3 Å².